The third-order valence-corrected chi connectivity index (χ3v) is 4.04. The van der Waals surface area contributed by atoms with Crippen molar-refractivity contribution in [2.24, 2.45) is 5.92 Å². The quantitative estimate of drug-likeness (QED) is 0.667. The highest BCUT2D eigenvalue weighted by atomic mass is 16.6. The molecule has 1 aromatic rings. The molecule has 0 unspecified atom stereocenters. The van der Waals surface area contributed by atoms with Crippen molar-refractivity contribution in [3.05, 3.63) is 33.9 Å². The average molecular weight is 294 g/mol. The number of aliphatic hydroxyl groups excluding tert-OH is 1. The first kappa shape index (κ1) is 15.7. The number of aliphatic hydroxyl groups is 1. The van der Waals surface area contributed by atoms with Gasteiger partial charge >= 0.3 is 0 Å². The summed E-state index contributed by atoms with van der Waals surface area (Å²) < 4.78 is 5.17. The second kappa shape index (κ2) is 6.87. The van der Waals surface area contributed by atoms with E-state index in [1.54, 1.807) is 26.2 Å². The predicted octanol–water partition coefficient (Wildman–Crippen LogP) is 2.51. The Morgan fingerprint density at radius 3 is 2.67 bits per heavy atom. The van der Waals surface area contributed by atoms with Crippen LogP contribution in [0.3, 0.4) is 0 Å². The smallest absolute Gasteiger partial charge is 0.292 e. The average Bonchev–Trinajstić information content (AvgIpc) is 2.47. The van der Waals surface area contributed by atoms with Crippen LogP contribution in [0.25, 0.3) is 0 Å². The van der Waals surface area contributed by atoms with Gasteiger partial charge in [0.25, 0.3) is 5.69 Å². The van der Waals surface area contributed by atoms with Crippen LogP contribution in [0.1, 0.15) is 31.4 Å². The molecule has 1 atom stereocenters. The lowest BCUT2D eigenvalue weighted by Crippen LogP contribution is -2.35. The molecule has 0 amide bonds. The Labute approximate surface area is 124 Å². The summed E-state index contributed by atoms with van der Waals surface area (Å²) in [7, 11) is 1.70. The van der Waals surface area contributed by atoms with E-state index in [4.69, 9.17) is 4.74 Å². The lowest BCUT2D eigenvalue weighted by Gasteiger charge is -2.33. The Balaban J connectivity index is 2.18. The van der Waals surface area contributed by atoms with Crippen LogP contribution in [-0.2, 0) is 4.74 Å². The third-order valence-electron chi connectivity index (χ3n) is 4.04. The van der Waals surface area contributed by atoms with E-state index in [1.807, 2.05) is 0 Å². The van der Waals surface area contributed by atoms with Crippen LogP contribution >= 0.6 is 0 Å². The van der Waals surface area contributed by atoms with Crippen LogP contribution < -0.4 is 4.90 Å². The summed E-state index contributed by atoms with van der Waals surface area (Å²) in [6.45, 7) is 3.94. The Hall–Kier alpha value is -1.66. The molecular weight excluding hydrogens is 272 g/mol. The minimum atomic E-state index is -0.704. The molecule has 0 bridgehead atoms. The molecular formula is C15H22N2O4. The summed E-state index contributed by atoms with van der Waals surface area (Å²) in [6, 6.07) is 4.98. The summed E-state index contributed by atoms with van der Waals surface area (Å²) in [5.41, 5.74) is 1.28. The molecule has 116 valence electrons. The SMILES string of the molecule is COCC1CCN(c2ccc([C@@H](C)O)cc2[N+](=O)[O-])CC1. The number of nitro benzene ring substituents is 1. The molecule has 1 heterocycles. The molecule has 0 aromatic heterocycles. The van der Waals surface area contributed by atoms with Gasteiger partial charge in [0.1, 0.15) is 5.69 Å². The maximum absolute atomic E-state index is 11.3. The fourth-order valence-corrected chi connectivity index (χ4v) is 2.79. The van der Waals surface area contributed by atoms with Crippen LogP contribution in [0.2, 0.25) is 0 Å². The predicted molar refractivity (Wildman–Crippen MR) is 80.5 cm³/mol. The lowest BCUT2D eigenvalue weighted by molar-refractivity contribution is -0.384. The summed E-state index contributed by atoms with van der Waals surface area (Å²) in [5.74, 6) is 0.530. The zero-order valence-corrected chi connectivity index (χ0v) is 12.5. The molecule has 1 fully saturated rings. The highest BCUT2D eigenvalue weighted by molar-refractivity contribution is 5.64. The lowest BCUT2D eigenvalue weighted by atomic mass is 9.97. The number of nitro groups is 1. The summed E-state index contributed by atoms with van der Waals surface area (Å²) >= 11 is 0. The zero-order valence-electron chi connectivity index (χ0n) is 12.5. The standard InChI is InChI=1S/C15H22N2O4/c1-11(18)13-3-4-14(15(9-13)17(19)20)16-7-5-12(6-8-16)10-21-2/h3-4,9,11-12,18H,5-8,10H2,1-2H3/t11-/m1/s1. The van der Waals surface area contributed by atoms with E-state index in [0.717, 1.165) is 32.5 Å². The van der Waals surface area contributed by atoms with Gasteiger partial charge in [0.05, 0.1) is 11.0 Å². The first-order chi connectivity index (χ1) is 10.0. The Bertz CT molecular complexity index is 496. The highest BCUT2D eigenvalue weighted by Crippen LogP contribution is 2.33. The topological polar surface area (TPSA) is 75.8 Å². The van der Waals surface area contributed by atoms with Gasteiger partial charge in [0, 0.05) is 32.9 Å². The van der Waals surface area contributed by atoms with Crippen LogP contribution in [-0.4, -0.2) is 36.8 Å². The fourth-order valence-electron chi connectivity index (χ4n) is 2.79. The fraction of sp³-hybridized carbons (Fsp3) is 0.600. The molecule has 0 spiro atoms. The Kier molecular flexibility index (Phi) is 5.14. The number of hydrogen-bond donors (Lipinski definition) is 1. The molecule has 1 N–H and O–H groups in total. The number of piperidine rings is 1. The van der Waals surface area contributed by atoms with Gasteiger partial charge in [-0.2, -0.15) is 0 Å². The summed E-state index contributed by atoms with van der Waals surface area (Å²) in [6.07, 6.45) is 1.25. The van der Waals surface area contributed by atoms with Crippen LogP contribution in [0.5, 0.6) is 0 Å². The van der Waals surface area contributed by atoms with E-state index in [9.17, 15) is 15.2 Å². The number of rotatable bonds is 5. The van der Waals surface area contributed by atoms with Crippen molar-refractivity contribution >= 4 is 11.4 Å². The van der Waals surface area contributed by atoms with E-state index >= 15 is 0 Å². The van der Waals surface area contributed by atoms with Crippen LogP contribution in [0.15, 0.2) is 18.2 Å². The van der Waals surface area contributed by atoms with E-state index in [0.29, 0.717) is 17.2 Å². The zero-order chi connectivity index (χ0) is 15.4. The first-order valence-electron chi connectivity index (χ1n) is 7.23. The molecule has 6 nitrogen and oxygen atoms in total. The number of anilines is 1. The Morgan fingerprint density at radius 1 is 1.48 bits per heavy atom. The second-order valence-electron chi connectivity index (χ2n) is 5.57. The third kappa shape index (κ3) is 3.71. The maximum atomic E-state index is 11.3. The number of benzene rings is 1. The molecule has 0 radical (unpaired) electrons. The van der Waals surface area contributed by atoms with Gasteiger partial charge in [-0.25, -0.2) is 0 Å². The Morgan fingerprint density at radius 2 is 2.14 bits per heavy atom. The molecule has 21 heavy (non-hydrogen) atoms. The molecule has 1 aliphatic heterocycles. The normalized spacial score (nSPS) is 17.8. The van der Waals surface area contributed by atoms with E-state index in [-0.39, 0.29) is 10.6 Å². The van der Waals surface area contributed by atoms with Crippen molar-refractivity contribution in [2.75, 3.05) is 31.7 Å². The minimum absolute atomic E-state index is 0.0681. The van der Waals surface area contributed by atoms with Gasteiger partial charge in [-0.1, -0.05) is 6.07 Å². The van der Waals surface area contributed by atoms with Gasteiger partial charge in [0.15, 0.2) is 0 Å². The molecule has 1 aromatic carbocycles. The van der Waals surface area contributed by atoms with Gasteiger partial charge < -0.3 is 14.7 Å². The number of nitrogens with zero attached hydrogens (tertiary/aromatic N) is 2. The van der Waals surface area contributed by atoms with Crippen molar-refractivity contribution in [1.29, 1.82) is 0 Å². The van der Waals surface area contributed by atoms with Crippen LogP contribution in [0.4, 0.5) is 11.4 Å². The van der Waals surface area contributed by atoms with Gasteiger partial charge in [-0.3, -0.25) is 10.1 Å². The summed E-state index contributed by atoms with van der Waals surface area (Å²) in [4.78, 5) is 13.0. The van der Waals surface area contributed by atoms with Crippen molar-refractivity contribution in [3.63, 3.8) is 0 Å². The highest BCUT2D eigenvalue weighted by Gasteiger charge is 2.25. The number of methoxy groups -OCH3 is 1. The molecule has 2 rings (SSSR count). The number of ether oxygens (including phenoxy) is 1. The second-order valence-corrected chi connectivity index (χ2v) is 5.57. The van der Waals surface area contributed by atoms with Crippen molar-refractivity contribution in [1.82, 2.24) is 0 Å². The van der Waals surface area contributed by atoms with Crippen molar-refractivity contribution in [3.8, 4) is 0 Å². The van der Waals surface area contributed by atoms with E-state index < -0.39 is 6.10 Å². The maximum Gasteiger partial charge on any atom is 0.292 e. The largest absolute Gasteiger partial charge is 0.389 e. The van der Waals surface area contributed by atoms with Crippen molar-refractivity contribution in [2.45, 2.75) is 25.9 Å². The van der Waals surface area contributed by atoms with Gasteiger partial charge in [-0.15, -0.1) is 0 Å². The molecule has 6 heteroatoms. The molecule has 0 saturated carbocycles. The van der Waals surface area contributed by atoms with E-state index in [2.05, 4.69) is 4.90 Å². The van der Waals surface area contributed by atoms with Gasteiger partial charge in [0.2, 0.25) is 0 Å². The minimum Gasteiger partial charge on any atom is -0.389 e. The van der Waals surface area contributed by atoms with Crippen LogP contribution in [0, 0.1) is 16.0 Å². The van der Waals surface area contributed by atoms with Gasteiger partial charge in [-0.05, 0) is 37.3 Å². The van der Waals surface area contributed by atoms with E-state index in [1.165, 1.54) is 6.07 Å². The summed E-state index contributed by atoms with van der Waals surface area (Å²) in [5, 5.41) is 20.9. The molecule has 1 aliphatic rings. The monoisotopic (exact) mass is 294 g/mol. The van der Waals surface area contributed by atoms with Crippen molar-refractivity contribution < 1.29 is 14.8 Å². The molecule has 1 saturated heterocycles. The molecule has 0 aliphatic carbocycles. The first-order valence-corrected chi connectivity index (χ1v) is 7.23. The number of hydrogen-bond acceptors (Lipinski definition) is 5.